The van der Waals surface area contributed by atoms with Gasteiger partial charge in [0.2, 0.25) is 0 Å². The third-order valence-corrected chi connectivity index (χ3v) is 2.97. The van der Waals surface area contributed by atoms with Crippen molar-refractivity contribution < 1.29 is 4.79 Å². The lowest BCUT2D eigenvalue weighted by molar-refractivity contribution is 0.112. The summed E-state index contributed by atoms with van der Waals surface area (Å²) < 4.78 is 0. The average Bonchev–Trinajstić information content (AvgIpc) is 2.86. The van der Waals surface area contributed by atoms with Crippen LogP contribution >= 0.6 is 0 Å². The van der Waals surface area contributed by atoms with E-state index in [9.17, 15) is 4.79 Å². The van der Waals surface area contributed by atoms with Crippen LogP contribution in [0.3, 0.4) is 0 Å². The maximum atomic E-state index is 11.1. The molecule has 0 amide bonds. The molecule has 1 aromatic heterocycles. The maximum absolute atomic E-state index is 11.1. The second-order valence-electron chi connectivity index (χ2n) is 3.95. The van der Waals surface area contributed by atoms with Gasteiger partial charge >= 0.3 is 0 Å². The Morgan fingerprint density at radius 2 is 1.71 bits per heavy atom. The minimum absolute atomic E-state index is 0.717. The summed E-state index contributed by atoms with van der Waals surface area (Å²) in [7, 11) is 0. The van der Waals surface area contributed by atoms with E-state index in [1.807, 2.05) is 48.7 Å². The number of aldehydes is 1. The first-order valence-electron chi connectivity index (χ1n) is 5.51. The summed E-state index contributed by atoms with van der Waals surface area (Å²) in [6, 6.07) is 15.8. The molecule has 0 radical (unpaired) electrons. The number of nitrogens with one attached hydrogen (secondary N) is 1. The number of benzene rings is 2. The molecule has 1 heterocycles. The van der Waals surface area contributed by atoms with Gasteiger partial charge in [-0.1, -0.05) is 42.5 Å². The number of carbonyl (C=O) groups excluding carboxylic acids is 1. The van der Waals surface area contributed by atoms with Crippen molar-refractivity contribution in [2.24, 2.45) is 0 Å². The third-order valence-electron chi connectivity index (χ3n) is 2.97. The van der Waals surface area contributed by atoms with Gasteiger partial charge in [0.25, 0.3) is 0 Å². The van der Waals surface area contributed by atoms with Gasteiger partial charge in [-0.3, -0.25) is 4.79 Å². The molecule has 82 valence electrons. The van der Waals surface area contributed by atoms with Crippen LogP contribution in [0.15, 0.2) is 54.7 Å². The van der Waals surface area contributed by atoms with Crippen LogP contribution in [0, 0.1) is 0 Å². The summed E-state index contributed by atoms with van der Waals surface area (Å²) in [5, 5.41) is 1.16. The standard InChI is InChI=1S/C15H11NO/c17-10-12-4-1-2-6-13(12)14-7-3-5-11-8-9-16-15(11)14/h1-10,16H. The van der Waals surface area contributed by atoms with Crippen molar-refractivity contribution in [3.8, 4) is 11.1 Å². The molecular formula is C15H11NO. The van der Waals surface area contributed by atoms with E-state index in [1.165, 1.54) is 0 Å². The van der Waals surface area contributed by atoms with Crippen molar-refractivity contribution in [1.82, 2.24) is 4.98 Å². The maximum Gasteiger partial charge on any atom is 0.150 e. The summed E-state index contributed by atoms with van der Waals surface area (Å²) in [6.07, 6.45) is 2.81. The number of hydrogen-bond acceptors (Lipinski definition) is 1. The number of H-pyrrole nitrogens is 1. The molecule has 0 saturated heterocycles. The van der Waals surface area contributed by atoms with Crippen molar-refractivity contribution in [2.45, 2.75) is 0 Å². The van der Waals surface area contributed by atoms with Crippen LogP contribution in [-0.2, 0) is 0 Å². The fraction of sp³-hybridized carbons (Fsp3) is 0. The second-order valence-corrected chi connectivity index (χ2v) is 3.95. The molecular weight excluding hydrogens is 210 g/mol. The number of hydrogen-bond donors (Lipinski definition) is 1. The quantitative estimate of drug-likeness (QED) is 0.658. The summed E-state index contributed by atoms with van der Waals surface area (Å²) in [5.41, 5.74) is 3.82. The van der Waals surface area contributed by atoms with E-state index >= 15 is 0 Å². The Bertz CT molecular complexity index is 682. The summed E-state index contributed by atoms with van der Waals surface area (Å²) >= 11 is 0. The molecule has 0 aliphatic rings. The van der Waals surface area contributed by atoms with Crippen LogP contribution in [-0.4, -0.2) is 11.3 Å². The number of fused-ring (bicyclic) bond motifs is 1. The minimum Gasteiger partial charge on any atom is -0.361 e. The van der Waals surface area contributed by atoms with Crippen LogP contribution in [0.1, 0.15) is 10.4 Å². The highest BCUT2D eigenvalue weighted by molar-refractivity contribution is 5.98. The van der Waals surface area contributed by atoms with Gasteiger partial charge in [-0.15, -0.1) is 0 Å². The summed E-state index contributed by atoms with van der Waals surface area (Å²) in [6.45, 7) is 0. The molecule has 2 heteroatoms. The summed E-state index contributed by atoms with van der Waals surface area (Å²) in [4.78, 5) is 14.3. The van der Waals surface area contributed by atoms with Crippen LogP contribution in [0.4, 0.5) is 0 Å². The van der Waals surface area contributed by atoms with E-state index in [4.69, 9.17) is 0 Å². The van der Waals surface area contributed by atoms with Crippen LogP contribution in [0.5, 0.6) is 0 Å². The van der Waals surface area contributed by atoms with Gasteiger partial charge in [0.15, 0.2) is 6.29 Å². The number of para-hydroxylation sites is 1. The Balaban J connectivity index is 2.34. The van der Waals surface area contributed by atoms with E-state index in [0.29, 0.717) is 0 Å². The highest BCUT2D eigenvalue weighted by Crippen LogP contribution is 2.29. The van der Waals surface area contributed by atoms with E-state index < -0.39 is 0 Å². The Morgan fingerprint density at radius 1 is 0.882 bits per heavy atom. The average molecular weight is 221 g/mol. The molecule has 17 heavy (non-hydrogen) atoms. The number of aromatic amines is 1. The molecule has 0 atom stereocenters. The number of rotatable bonds is 2. The molecule has 2 aromatic carbocycles. The van der Waals surface area contributed by atoms with Crippen LogP contribution < -0.4 is 0 Å². The highest BCUT2D eigenvalue weighted by atomic mass is 16.1. The molecule has 0 fully saturated rings. The van der Waals surface area contributed by atoms with Crippen molar-refractivity contribution in [3.63, 3.8) is 0 Å². The SMILES string of the molecule is O=Cc1ccccc1-c1cccc2cc[nH]c12. The van der Waals surface area contributed by atoms with E-state index in [1.54, 1.807) is 0 Å². The monoisotopic (exact) mass is 221 g/mol. The largest absolute Gasteiger partial charge is 0.361 e. The Kier molecular flexibility index (Phi) is 2.26. The Labute approximate surface area is 98.9 Å². The first-order chi connectivity index (χ1) is 8.40. The fourth-order valence-corrected chi connectivity index (χ4v) is 2.15. The number of aromatic nitrogens is 1. The summed E-state index contributed by atoms with van der Waals surface area (Å²) in [5.74, 6) is 0. The van der Waals surface area contributed by atoms with E-state index in [-0.39, 0.29) is 0 Å². The Morgan fingerprint density at radius 3 is 2.59 bits per heavy atom. The van der Waals surface area contributed by atoms with Crippen molar-refractivity contribution in [1.29, 1.82) is 0 Å². The lowest BCUT2D eigenvalue weighted by Crippen LogP contribution is -1.87. The predicted molar refractivity (Wildman–Crippen MR) is 69.1 cm³/mol. The van der Waals surface area contributed by atoms with E-state index in [0.717, 1.165) is 33.9 Å². The van der Waals surface area contributed by atoms with Crippen LogP contribution in [0.25, 0.3) is 22.0 Å². The lowest BCUT2D eigenvalue weighted by Gasteiger charge is -2.06. The van der Waals surface area contributed by atoms with Gasteiger partial charge in [0, 0.05) is 17.3 Å². The second kappa shape index (κ2) is 3.91. The molecule has 0 saturated carbocycles. The molecule has 0 aliphatic heterocycles. The lowest BCUT2D eigenvalue weighted by atomic mass is 9.99. The van der Waals surface area contributed by atoms with E-state index in [2.05, 4.69) is 11.1 Å². The molecule has 2 nitrogen and oxygen atoms in total. The zero-order chi connectivity index (χ0) is 11.7. The first kappa shape index (κ1) is 9.85. The van der Waals surface area contributed by atoms with Gasteiger partial charge in [-0.2, -0.15) is 0 Å². The Hall–Kier alpha value is -2.35. The smallest absolute Gasteiger partial charge is 0.150 e. The third kappa shape index (κ3) is 1.54. The van der Waals surface area contributed by atoms with Crippen molar-refractivity contribution in [2.75, 3.05) is 0 Å². The first-order valence-corrected chi connectivity index (χ1v) is 5.51. The minimum atomic E-state index is 0.717. The van der Waals surface area contributed by atoms with Gasteiger partial charge in [-0.25, -0.2) is 0 Å². The van der Waals surface area contributed by atoms with Crippen molar-refractivity contribution >= 4 is 17.2 Å². The zero-order valence-electron chi connectivity index (χ0n) is 9.18. The highest BCUT2D eigenvalue weighted by Gasteiger charge is 2.07. The van der Waals surface area contributed by atoms with Gasteiger partial charge in [0.1, 0.15) is 0 Å². The topological polar surface area (TPSA) is 32.9 Å². The normalized spacial score (nSPS) is 10.6. The van der Waals surface area contributed by atoms with Gasteiger partial charge in [0.05, 0.1) is 5.52 Å². The number of carbonyl (C=O) groups is 1. The molecule has 0 aliphatic carbocycles. The molecule has 0 spiro atoms. The molecule has 0 bridgehead atoms. The fourth-order valence-electron chi connectivity index (χ4n) is 2.15. The molecule has 1 N–H and O–H groups in total. The predicted octanol–water partition coefficient (Wildman–Crippen LogP) is 3.65. The van der Waals surface area contributed by atoms with Gasteiger partial charge < -0.3 is 4.98 Å². The molecule has 3 rings (SSSR count). The zero-order valence-corrected chi connectivity index (χ0v) is 9.18. The van der Waals surface area contributed by atoms with Crippen LogP contribution in [0.2, 0.25) is 0 Å². The van der Waals surface area contributed by atoms with Crippen molar-refractivity contribution in [3.05, 3.63) is 60.3 Å². The van der Waals surface area contributed by atoms with Gasteiger partial charge in [-0.05, 0) is 17.0 Å². The molecule has 0 unspecified atom stereocenters. The molecule has 3 aromatic rings.